The van der Waals surface area contributed by atoms with E-state index in [0.717, 1.165) is 23.5 Å². The predicted molar refractivity (Wildman–Crippen MR) is 60.0 cm³/mol. The number of hydrogen-bond acceptors (Lipinski definition) is 5. The average molecular weight is 276 g/mol. The second-order valence-corrected chi connectivity index (χ2v) is 4.43. The molecule has 0 atom stereocenters. The first-order chi connectivity index (χ1) is 8.36. The van der Waals surface area contributed by atoms with Crippen LogP contribution in [0.5, 0.6) is 0 Å². The number of aromatic nitrogens is 1. The van der Waals surface area contributed by atoms with E-state index >= 15 is 0 Å². The third kappa shape index (κ3) is 2.70. The van der Waals surface area contributed by atoms with Gasteiger partial charge in [0.2, 0.25) is 5.13 Å². The first-order valence-corrected chi connectivity index (χ1v) is 5.59. The van der Waals surface area contributed by atoms with E-state index in [9.17, 15) is 18.0 Å². The van der Waals surface area contributed by atoms with Crippen LogP contribution < -0.4 is 5.48 Å². The highest BCUT2D eigenvalue weighted by Crippen LogP contribution is 2.34. The van der Waals surface area contributed by atoms with E-state index in [2.05, 4.69) is 15.3 Å². The van der Waals surface area contributed by atoms with Crippen LogP contribution in [0.2, 0.25) is 0 Å². The van der Waals surface area contributed by atoms with Crippen molar-refractivity contribution in [2.24, 2.45) is 0 Å². The Labute approximate surface area is 103 Å². The van der Waals surface area contributed by atoms with Crippen molar-refractivity contribution in [3.8, 4) is 0 Å². The van der Waals surface area contributed by atoms with Gasteiger partial charge in [-0.2, -0.15) is 18.7 Å². The van der Waals surface area contributed by atoms with Crippen molar-refractivity contribution in [2.45, 2.75) is 13.1 Å². The van der Waals surface area contributed by atoms with Gasteiger partial charge in [0, 0.05) is 6.92 Å². The predicted octanol–water partition coefficient (Wildman–Crippen LogP) is 3.21. The molecule has 0 bridgehead atoms. The molecule has 96 valence electrons. The molecule has 18 heavy (non-hydrogen) atoms. The van der Waals surface area contributed by atoms with Gasteiger partial charge in [-0.15, -0.1) is 0 Å². The summed E-state index contributed by atoms with van der Waals surface area (Å²) in [5.41, 5.74) is 1.94. The van der Waals surface area contributed by atoms with Crippen LogP contribution in [0.3, 0.4) is 0 Å². The second kappa shape index (κ2) is 4.45. The number of halogens is 3. The largest absolute Gasteiger partial charge is 0.416 e. The quantitative estimate of drug-likeness (QED) is 0.856. The minimum Gasteiger partial charge on any atom is -0.342 e. The van der Waals surface area contributed by atoms with Crippen LogP contribution in [-0.2, 0) is 15.8 Å². The smallest absolute Gasteiger partial charge is 0.342 e. The molecule has 0 spiro atoms. The molecule has 0 aliphatic carbocycles. The molecule has 0 fully saturated rings. The molecule has 0 unspecified atom stereocenters. The third-order valence-electron chi connectivity index (χ3n) is 2.00. The van der Waals surface area contributed by atoms with Crippen molar-refractivity contribution < 1.29 is 22.8 Å². The number of nitrogens with one attached hydrogen (secondary N) is 1. The molecule has 4 nitrogen and oxygen atoms in total. The van der Waals surface area contributed by atoms with Crippen LogP contribution in [0.1, 0.15) is 12.5 Å². The molecule has 8 heteroatoms. The summed E-state index contributed by atoms with van der Waals surface area (Å²) >= 11 is 0.970. The summed E-state index contributed by atoms with van der Waals surface area (Å²) in [7, 11) is 0. The molecule has 0 radical (unpaired) electrons. The van der Waals surface area contributed by atoms with E-state index in [0.29, 0.717) is 10.2 Å². The summed E-state index contributed by atoms with van der Waals surface area (Å²) < 4.78 is 37.8. The maximum Gasteiger partial charge on any atom is 0.416 e. The van der Waals surface area contributed by atoms with Gasteiger partial charge in [0.15, 0.2) is 0 Å². The first-order valence-electron chi connectivity index (χ1n) is 4.77. The van der Waals surface area contributed by atoms with Gasteiger partial charge in [0.1, 0.15) is 0 Å². The lowest BCUT2D eigenvalue weighted by Gasteiger charge is -2.04. The van der Waals surface area contributed by atoms with Gasteiger partial charge in [-0.05, 0) is 18.2 Å². The molecule has 0 aliphatic heterocycles. The van der Waals surface area contributed by atoms with Crippen molar-refractivity contribution >= 4 is 32.7 Å². The molecule has 0 saturated carbocycles. The number of thiazole rings is 1. The molecule has 1 aromatic carbocycles. The van der Waals surface area contributed by atoms with E-state index < -0.39 is 17.7 Å². The van der Waals surface area contributed by atoms with Gasteiger partial charge in [-0.25, -0.2) is 4.98 Å². The number of carbonyl (C=O) groups excluding carboxylic acids is 1. The number of rotatable bonds is 2. The van der Waals surface area contributed by atoms with Crippen LogP contribution >= 0.6 is 11.3 Å². The Hall–Kier alpha value is -1.83. The van der Waals surface area contributed by atoms with Crippen molar-refractivity contribution in [1.82, 2.24) is 4.98 Å². The Balaban J connectivity index is 2.31. The molecule has 1 aromatic heterocycles. The maximum absolute atomic E-state index is 12.5. The van der Waals surface area contributed by atoms with Crippen molar-refractivity contribution in [3.63, 3.8) is 0 Å². The van der Waals surface area contributed by atoms with E-state index in [1.807, 2.05) is 0 Å². The molecular weight excluding hydrogens is 269 g/mol. The number of carbonyl (C=O) groups is 1. The summed E-state index contributed by atoms with van der Waals surface area (Å²) in [5, 5.41) is 0.222. The number of nitrogens with zero attached hydrogens (tertiary/aromatic N) is 1. The van der Waals surface area contributed by atoms with E-state index in [4.69, 9.17) is 0 Å². The first kappa shape index (κ1) is 12.6. The average Bonchev–Trinajstić information content (AvgIpc) is 2.66. The molecule has 0 saturated heterocycles. The highest BCUT2D eigenvalue weighted by atomic mass is 32.1. The lowest BCUT2D eigenvalue weighted by molar-refractivity contribution is -0.138. The monoisotopic (exact) mass is 276 g/mol. The van der Waals surface area contributed by atoms with Crippen molar-refractivity contribution in [1.29, 1.82) is 0 Å². The van der Waals surface area contributed by atoms with E-state index in [-0.39, 0.29) is 5.13 Å². The summed E-state index contributed by atoms with van der Waals surface area (Å²) in [6.45, 7) is 1.20. The zero-order chi connectivity index (χ0) is 13.3. The van der Waals surface area contributed by atoms with Crippen molar-refractivity contribution in [3.05, 3.63) is 23.8 Å². The van der Waals surface area contributed by atoms with Crippen LogP contribution in [0.15, 0.2) is 18.2 Å². The minimum atomic E-state index is -4.39. The number of fused-ring (bicyclic) bond motifs is 1. The van der Waals surface area contributed by atoms with Crippen LogP contribution in [-0.4, -0.2) is 11.0 Å². The number of benzene rings is 1. The summed E-state index contributed by atoms with van der Waals surface area (Å²) in [6, 6.07) is 3.23. The lowest BCUT2D eigenvalue weighted by Crippen LogP contribution is -2.05. The summed E-state index contributed by atoms with van der Waals surface area (Å²) in [5.74, 6) is -0.565. The van der Waals surface area contributed by atoms with Gasteiger partial charge in [-0.3, -0.25) is 4.79 Å². The van der Waals surface area contributed by atoms with Gasteiger partial charge in [0.05, 0.1) is 15.8 Å². The topological polar surface area (TPSA) is 51.2 Å². The Morgan fingerprint density at radius 1 is 1.44 bits per heavy atom. The normalized spacial score (nSPS) is 11.6. The number of alkyl halides is 3. The fourth-order valence-corrected chi connectivity index (χ4v) is 2.10. The zero-order valence-corrected chi connectivity index (χ0v) is 9.85. The van der Waals surface area contributed by atoms with Crippen LogP contribution in [0.4, 0.5) is 18.3 Å². The Bertz CT molecular complexity index is 594. The molecule has 2 aromatic rings. The van der Waals surface area contributed by atoms with Crippen molar-refractivity contribution in [2.75, 3.05) is 5.48 Å². The maximum atomic E-state index is 12.5. The second-order valence-electron chi connectivity index (χ2n) is 3.39. The zero-order valence-electron chi connectivity index (χ0n) is 9.04. The Kier molecular flexibility index (Phi) is 3.12. The Morgan fingerprint density at radius 3 is 2.78 bits per heavy atom. The van der Waals surface area contributed by atoms with Crippen LogP contribution in [0.25, 0.3) is 10.2 Å². The molecule has 2 rings (SSSR count). The number of hydrogen-bond donors (Lipinski definition) is 1. The molecule has 0 amide bonds. The SMILES string of the molecule is CC(=O)ONc1nc2ccc(C(F)(F)F)cc2s1. The fraction of sp³-hybridized carbons (Fsp3) is 0.200. The van der Waals surface area contributed by atoms with Gasteiger partial charge in [-0.1, -0.05) is 11.3 Å². The highest BCUT2D eigenvalue weighted by molar-refractivity contribution is 7.22. The Morgan fingerprint density at radius 2 is 2.17 bits per heavy atom. The van der Waals surface area contributed by atoms with E-state index in [1.165, 1.54) is 13.0 Å². The number of anilines is 1. The molecule has 1 N–H and O–H groups in total. The summed E-state index contributed by atoms with van der Waals surface area (Å²) in [4.78, 5) is 19.0. The minimum absolute atomic E-state index is 0.222. The molecule has 0 aliphatic rings. The van der Waals surface area contributed by atoms with Gasteiger partial charge < -0.3 is 4.84 Å². The van der Waals surface area contributed by atoms with Gasteiger partial charge in [0.25, 0.3) is 0 Å². The molecule has 1 heterocycles. The lowest BCUT2D eigenvalue weighted by atomic mass is 10.2. The van der Waals surface area contributed by atoms with Gasteiger partial charge >= 0.3 is 12.1 Å². The molecular formula is C10H7F3N2O2S. The summed E-state index contributed by atoms with van der Waals surface area (Å²) in [6.07, 6.45) is -4.39. The van der Waals surface area contributed by atoms with Crippen LogP contribution in [0, 0.1) is 0 Å². The standard InChI is InChI=1S/C10H7F3N2O2S/c1-5(16)17-15-9-14-7-3-2-6(10(11,12)13)4-8(7)18-9/h2-4H,1H3,(H,14,15). The third-order valence-corrected chi connectivity index (χ3v) is 2.91. The fourth-order valence-electron chi connectivity index (χ4n) is 1.26. The van der Waals surface area contributed by atoms with E-state index in [1.54, 1.807) is 0 Å². The highest BCUT2D eigenvalue weighted by Gasteiger charge is 2.30.